The molecule has 0 aromatic rings. The van der Waals surface area contributed by atoms with Gasteiger partial charge in [0.2, 0.25) is 0 Å². The van der Waals surface area contributed by atoms with Gasteiger partial charge in [0.15, 0.2) is 0 Å². The lowest BCUT2D eigenvalue weighted by Crippen LogP contribution is -2.27. The van der Waals surface area contributed by atoms with Gasteiger partial charge in [-0.25, -0.2) is 0 Å². The predicted octanol–water partition coefficient (Wildman–Crippen LogP) is 4.37. The van der Waals surface area contributed by atoms with Gasteiger partial charge in [-0.15, -0.1) is 0 Å². The Kier molecular flexibility index (Phi) is 5.79. The van der Waals surface area contributed by atoms with Crippen LogP contribution in [0.1, 0.15) is 59.3 Å². The van der Waals surface area contributed by atoms with Gasteiger partial charge in [-0.1, -0.05) is 44.8 Å². The molecule has 3 atom stereocenters. The van der Waals surface area contributed by atoms with Gasteiger partial charge in [-0.2, -0.15) is 0 Å². The number of carbonyl (C=O) groups is 1. The predicted molar refractivity (Wildman–Crippen MR) is 69.3 cm³/mol. The number of carbonyl (C=O) groups excluding carboxylic acids is 1. The number of allylic oxidation sites excluding steroid dienone is 2. The summed E-state index contributed by atoms with van der Waals surface area (Å²) in [5.74, 6) is 1.55. The zero-order valence-electron chi connectivity index (χ0n) is 11.0. The first-order chi connectivity index (χ1) is 7.72. The largest absolute Gasteiger partial charge is 0.303 e. The average Bonchev–Trinajstić information content (AvgIpc) is 2.29. The van der Waals surface area contributed by atoms with Crippen molar-refractivity contribution in [2.45, 2.75) is 59.3 Å². The van der Waals surface area contributed by atoms with Gasteiger partial charge < -0.3 is 4.79 Å². The second-order valence-corrected chi connectivity index (χ2v) is 5.29. The number of hydrogen-bond acceptors (Lipinski definition) is 1. The molecule has 0 radical (unpaired) electrons. The van der Waals surface area contributed by atoms with Gasteiger partial charge >= 0.3 is 0 Å². The molecule has 0 saturated carbocycles. The van der Waals surface area contributed by atoms with Gasteiger partial charge in [-0.3, -0.25) is 0 Å². The molecular formula is C15H26O. The molecule has 92 valence electrons. The van der Waals surface area contributed by atoms with E-state index in [4.69, 9.17) is 0 Å². The molecule has 0 N–H and O–H groups in total. The topological polar surface area (TPSA) is 17.1 Å². The summed E-state index contributed by atoms with van der Waals surface area (Å²) in [6, 6.07) is 0. The fraction of sp³-hybridized carbons (Fsp3) is 0.800. The lowest BCUT2D eigenvalue weighted by Gasteiger charge is -2.34. The van der Waals surface area contributed by atoms with E-state index in [0.717, 1.165) is 5.92 Å². The molecule has 1 nitrogen and oxygen atoms in total. The van der Waals surface area contributed by atoms with Gasteiger partial charge in [0, 0.05) is 5.92 Å². The van der Waals surface area contributed by atoms with Crippen LogP contribution in [0.15, 0.2) is 11.6 Å². The van der Waals surface area contributed by atoms with Crippen LogP contribution in [0.5, 0.6) is 0 Å². The minimum absolute atomic E-state index is 0.190. The molecule has 1 rings (SSSR count). The Balaban J connectivity index is 2.71. The summed E-state index contributed by atoms with van der Waals surface area (Å²) >= 11 is 0. The van der Waals surface area contributed by atoms with Crippen molar-refractivity contribution in [2.24, 2.45) is 17.8 Å². The molecule has 1 aliphatic carbocycles. The molecule has 0 aromatic heterocycles. The van der Waals surface area contributed by atoms with Crippen molar-refractivity contribution in [1.29, 1.82) is 0 Å². The zero-order chi connectivity index (χ0) is 12.0. The minimum Gasteiger partial charge on any atom is -0.303 e. The molecule has 0 bridgehead atoms. The minimum atomic E-state index is 0.190. The maximum absolute atomic E-state index is 11.2. The number of unbranched alkanes of at least 4 members (excludes halogenated alkanes) is 1. The SMILES string of the molecule is CCCCC1CC(C)=C[C@@H](C=O)C1CCC. The van der Waals surface area contributed by atoms with Crippen molar-refractivity contribution >= 4 is 6.29 Å². The Bertz CT molecular complexity index is 242. The van der Waals surface area contributed by atoms with E-state index in [1.807, 2.05) is 0 Å². The van der Waals surface area contributed by atoms with E-state index in [1.54, 1.807) is 0 Å². The second-order valence-electron chi connectivity index (χ2n) is 5.29. The van der Waals surface area contributed by atoms with Crippen LogP contribution in [0, 0.1) is 17.8 Å². The smallest absolute Gasteiger partial charge is 0.127 e. The van der Waals surface area contributed by atoms with Gasteiger partial charge in [0.25, 0.3) is 0 Å². The standard InChI is InChI=1S/C15H26O/c1-4-6-8-13-9-12(3)10-14(11-16)15(13)7-5-2/h10-11,13-15H,4-9H2,1-3H3/t13?,14-,15?/m0/s1. The number of hydrogen-bond donors (Lipinski definition) is 0. The summed E-state index contributed by atoms with van der Waals surface area (Å²) in [6.45, 7) is 6.65. The maximum Gasteiger partial charge on any atom is 0.127 e. The van der Waals surface area contributed by atoms with Crippen LogP contribution in [0.25, 0.3) is 0 Å². The van der Waals surface area contributed by atoms with Crippen LogP contribution < -0.4 is 0 Å². The third-order valence-corrected chi connectivity index (χ3v) is 3.87. The van der Waals surface area contributed by atoms with Crippen molar-refractivity contribution in [3.63, 3.8) is 0 Å². The van der Waals surface area contributed by atoms with Crippen molar-refractivity contribution in [3.8, 4) is 0 Å². The molecule has 2 unspecified atom stereocenters. The van der Waals surface area contributed by atoms with Crippen molar-refractivity contribution in [2.75, 3.05) is 0 Å². The van der Waals surface area contributed by atoms with Crippen LogP contribution in [0.4, 0.5) is 0 Å². The van der Waals surface area contributed by atoms with Crippen LogP contribution in [0.2, 0.25) is 0 Å². The van der Waals surface area contributed by atoms with E-state index in [2.05, 4.69) is 26.8 Å². The lowest BCUT2D eigenvalue weighted by atomic mass is 9.70. The Morgan fingerprint density at radius 2 is 2.06 bits per heavy atom. The molecule has 0 aliphatic heterocycles. The fourth-order valence-corrected chi connectivity index (χ4v) is 3.08. The third kappa shape index (κ3) is 3.47. The molecule has 0 spiro atoms. The molecule has 0 fully saturated rings. The highest BCUT2D eigenvalue weighted by Crippen LogP contribution is 2.38. The first kappa shape index (κ1) is 13.5. The number of aldehydes is 1. The number of rotatable bonds is 6. The molecule has 0 heterocycles. The molecule has 1 aliphatic rings. The van der Waals surface area contributed by atoms with E-state index in [1.165, 1.54) is 50.4 Å². The summed E-state index contributed by atoms with van der Waals surface area (Å²) in [5, 5.41) is 0. The summed E-state index contributed by atoms with van der Waals surface area (Å²) in [6.07, 6.45) is 10.9. The Morgan fingerprint density at radius 3 is 2.62 bits per heavy atom. The van der Waals surface area contributed by atoms with E-state index in [9.17, 15) is 4.79 Å². The zero-order valence-corrected chi connectivity index (χ0v) is 11.0. The van der Waals surface area contributed by atoms with Crippen LogP contribution in [-0.2, 0) is 4.79 Å². The lowest BCUT2D eigenvalue weighted by molar-refractivity contribution is -0.112. The Morgan fingerprint density at radius 1 is 1.31 bits per heavy atom. The molecular weight excluding hydrogens is 196 g/mol. The van der Waals surface area contributed by atoms with E-state index < -0.39 is 0 Å². The highest BCUT2D eigenvalue weighted by Gasteiger charge is 2.30. The van der Waals surface area contributed by atoms with Gasteiger partial charge in [0.05, 0.1) is 0 Å². The summed E-state index contributed by atoms with van der Waals surface area (Å²) in [5.41, 5.74) is 1.42. The Labute approximate surface area is 100 Å². The van der Waals surface area contributed by atoms with Crippen molar-refractivity contribution < 1.29 is 4.79 Å². The summed E-state index contributed by atoms with van der Waals surface area (Å²) < 4.78 is 0. The van der Waals surface area contributed by atoms with Crippen molar-refractivity contribution in [3.05, 3.63) is 11.6 Å². The third-order valence-electron chi connectivity index (χ3n) is 3.87. The quantitative estimate of drug-likeness (QED) is 0.481. The monoisotopic (exact) mass is 222 g/mol. The normalized spacial score (nSPS) is 29.9. The first-order valence-electron chi connectivity index (χ1n) is 6.85. The maximum atomic E-state index is 11.2. The van der Waals surface area contributed by atoms with Crippen molar-refractivity contribution in [1.82, 2.24) is 0 Å². The average molecular weight is 222 g/mol. The first-order valence-corrected chi connectivity index (χ1v) is 6.85. The highest BCUT2D eigenvalue weighted by atomic mass is 16.1. The van der Waals surface area contributed by atoms with Crippen LogP contribution in [0.3, 0.4) is 0 Å². The van der Waals surface area contributed by atoms with Crippen LogP contribution >= 0.6 is 0 Å². The second kappa shape index (κ2) is 6.88. The van der Waals surface area contributed by atoms with Crippen LogP contribution in [-0.4, -0.2) is 6.29 Å². The summed E-state index contributed by atoms with van der Waals surface area (Å²) in [4.78, 5) is 11.2. The van der Waals surface area contributed by atoms with E-state index >= 15 is 0 Å². The molecule has 0 saturated heterocycles. The summed E-state index contributed by atoms with van der Waals surface area (Å²) in [7, 11) is 0. The Hall–Kier alpha value is -0.590. The van der Waals surface area contributed by atoms with Gasteiger partial charge in [-0.05, 0) is 38.0 Å². The molecule has 16 heavy (non-hydrogen) atoms. The fourth-order valence-electron chi connectivity index (χ4n) is 3.08. The van der Waals surface area contributed by atoms with E-state index in [0.29, 0.717) is 5.92 Å². The molecule has 0 aromatic carbocycles. The van der Waals surface area contributed by atoms with Gasteiger partial charge in [0.1, 0.15) is 6.29 Å². The molecule has 1 heteroatoms. The highest BCUT2D eigenvalue weighted by molar-refractivity contribution is 5.58. The van der Waals surface area contributed by atoms with E-state index in [-0.39, 0.29) is 5.92 Å². The molecule has 0 amide bonds.